The maximum Gasteiger partial charge on any atom is 0.127 e. The van der Waals surface area contributed by atoms with Crippen LogP contribution in [0, 0.1) is 5.92 Å². The van der Waals surface area contributed by atoms with Crippen LogP contribution in [0.15, 0.2) is 39.8 Å². The molecule has 0 saturated carbocycles. The number of nitrogens with zero attached hydrogens (tertiary/aromatic N) is 1. The first kappa shape index (κ1) is 22.0. The van der Waals surface area contributed by atoms with Gasteiger partial charge in [-0.3, -0.25) is 4.99 Å². The Kier molecular flexibility index (Phi) is 10.1. The lowest BCUT2D eigenvalue weighted by molar-refractivity contribution is 0.294. The summed E-state index contributed by atoms with van der Waals surface area (Å²) in [5.41, 5.74) is 1.03. The lowest BCUT2D eigenvalue weighted by Gasteiger charge is -2.31. The first-order chi connectivity index (χ1) is 12.0. The Hall–Kier alpha value is -1.09. The maximum atomic E-state index is 5.49. The van der Waals surface area contributed by atoms with Gasteiger partial charge in [0.1, 0.15) is 5.75 Å². The van der Waals surface area contributed by atoms with Crippen molar-refractivity contribution in [2.45, 2.75) is 71.8 Å². The summed E-state index contributed by atoms with van der Waals surface area (Å²) in [7, 11) is 1.71. The lowest BCUT2D eigenvalue weighted by atomic mass is 9.81. The van der Waals surface area contributed by atoms with Gasteiger partial charge in [0, 0.05) is 16.3 Å². The van der Waals surface area contributed by atoms with Crippen LogP contribution in [0.25, 0.3) is 0 Å². The van der Waals surface area contributed by atoms with Crippen molar-refractivity contribution in [3.05, 3.63) is 40.4 Å². The van der Waals surface area contributed by atoms with Crippen molar-refractivity contribution in [2.24, 2.45) is 10.9 Å². The first-order valence-corrected chi connectivity index (χ1v) is 10.3. The molecule has 0 spiro atoms. The summed E-state index contributed by atoms with van der Waals surface area (Å²) >= 11 is 3.55. The van der Waals surface area contributed by atoms with Crippen LogP contribution in [-0.2, 0) is 0 Å². The second-order valence-electron chi connectivity index (χ2n) is 6.93. The summed E-state index contributed by atoms with van der Waals surface area (Å²) in [5.74, 6) is 1.56. The van der Waals surface area contributed by atoms with E-state index in [4.69, 9.17) is 9.73 Å². The number of methoxy groups -OCH3 is 1. The number of halogens is 1. The fourth-order valence-corrected chi connectivity index (χ4v) is 3.79. The largest absolute Gasteiger partial charge is 0.496 e. The molecule has 0 heterocycles. The molecule has 1 rings (SSSR count). The Morgan fingerprint density at radius 2 is 2.08 bits per heavy atom. The third-order valence-electron chi connectivity index (χ3n) is 4.85. The maximum absolute atomic E-state index is 5.49. The number of benzene rings is 1. The van der Waals surface area contributed by atoms with Crippen LogP contribution in [0.3, 0.4) is 0 Å². The van der Waals surface area contributed by atoms with Crippen molar-refractivity contribution < 1.29 is 4.74 Å². The highest BCUT2D eigenvalue weighted by Crippen LogP contribution is 2.33. The topological polar surface area (TPSA) is 21.6 Å². The Bertz CT molecular complexity index is 567. The highest BCUT2D eigenvalue weighted by atomic mass is 79.9. The zero-order chi connectivity index (χ0) is 18.7. The van der Waals surface area contributed by atoms with E-state index in [-0.39, 0.29) is 5.54 Å². The molecule has 0 aliphatic rings. The summed E-state index contributed by atoms with van der Waals surface area (Å²) in [6, 6.07) is 6.06. The van der Waals surface area contributed by atoms with E-state index < -0.39 is 0 Å². The van der Waals surface area contributed by atoms with E-state index in [9.17, 15) is 0 Å². The van der Waals surface area contributed by atoms with E-state index in [0.717, 1.165) is 41.5 Å². The molecule has 2 atom stereocenters. The van der Waals surface area contributed by atoms with Gasteiger partial charge < -0.3 is 4.74 Å². The normalized spacial score (nSPS) is 15.6. The zero-order valence-corrected chi connectivity index (χ0v) is 18.1. The smallest absolute Gasteiger partial charge is 0.127 e. The Morgan fingerprint density at radius 3 is 2.68 bits per heavy atom. The Balaban J connectivity index is 3.10. The van der Waals surface area contributed by atoms with Gasteiger partial charge in [-0.15, -0.1) is 0 Å². The SMILES string of the molecule is CC=CCCC(CC)(CC(C)CCC)/N=C/c1cc(Br)ccc1OC. The monoisotopic (exact) mass is 407 g/mol. The highest BCUT2D eigenvalue weighted by molar-refractivity contribution is 9.10. The standard InChI is InChI=1S/C22H34BrNO/c1-6-9-10-14-22(8-3,16-18(4)11-7-2)24-17-19-15-20(23)12-13-21(19)25-5/h6,9,12-13,15,17-18H,7-8,10-11,14,16H2,1-5H3/b9-6?,24-17+. The molecule has 2 unspecified atom stereocenters. The molecule has 0 bridgehead atoms. The second kappa shape index (κ2) is 11.5. The predicted molar refractivity (Wildman–Crippen MR) is 114 cm³/mol. The van der Waals surface area contributed by atoms with E-state index in [1.165, 1.54) is 12.8 Å². The van der Waals surface area contributed by atoms with Crippen LogP contribution in [0.2, 0.25) is 0 Å². The number of hydrogen-bond donors (Lipinski definition) is 0. The van der Waals surface area contributed by atoms with Crippen molar-refractivity contribution in [1.29, 1.82) is 0 Å². The number of aliphatic imine (C=N–C) groups is 1. The van der Waals surface area contributed by atoms with Gasteiger partial charge in [-0.1, -0.05) is 61.7 Å². The summed E-state index contributed by atoms with van der Waals surface area (Å²) in [5, 5.41) is 0. The van der Waals surface area contributed by atoms with E-state index >= 15 is 0 Å². The van der Waals surface area contributed by atoms with Gasteiger partial charge in [0.25, 0.3) is 0 Å². The molecule has 1 aromatic rings. The fraction of sp³-hybridized carbons (Fsp3) is 0.591. The molecular weight excluding hydrogens is 374 g/mol. The number of rotatable bonds is 11. The van der Waals surface area contributed by atoms with Crippen molar-refractivity contribution >= 4 is 22.1 Å². The zero-order valence-electron chi connectivity index (χ0n) is 16.5. The number of allylic oxidation sites excluding steroid dienone is 2. The quantitative estimate of drug-likeness (QED) is 0.280. The fourth-order valence-electron chi connectivity index (χ4n) is 3.41. The van der Waals surface area contributed by atoms with E-state index in [1.54, 1.807) is 7.11 Å². The van der Waals surface area contributed by atoms with Gasteiger partial charge in [0.05, 0.1) is 12.6 Å². The molecule has 140 valence electrons. The van der Waals surface area contributed by atoms with Gasteiger partial charge in [-0.05, 0) is 56.7 Å². The van der Waals surface area contributed by atoms with Crippen molar-refractivity contribution in [2.75, 3.05) is 7.11 Å². The van der Waals surface area contributed by atoms with Gasteiger partial charge in [-0.25, -0.2) is 0 Å². The van der Waals surface area contributed by atoms with Crippen molar-refractivity contribution in [1.82, 2.24) is 0 Å². The van der Waals surface area contributed by atoms with Crippen LogP contribution < -0.4 is 4.74 Å². The average Bonchev–Trinajstić information content (AvgIpc) is 2.60. The molecule has 25 heavy (non-hydrogen) atoms. The molecule has 0 N–H and O–H groups in total. The minimum atomic E-state index is 0.00141. The van der Waals surface area contributed by atoms with Crippen molar-refractivity contribution in [3.8, 4) is 5.75 Å². The van der Waals surface area contributed by atoms with E-state index in [1.807, 2.05) is 18.3 Å². The summed E-state index contributed by atoms with van der Waals surface area (Å²) in [4.78, 5) is 5.13. The molecule has 3 heteroatoms. The first-order valence-electron chi connectivity index (χ1n) is 9.50. The summed E-state index contributed by atoms with van der Waals surface area (Å²) in [6.45, 7) is 8.98. The molecule has 0 fully saturated rings. The molecular formula is C22H34BrNO. The van der Waals surface area contributed by atoms with Crippen LogP contribution in [-0.4, -0.2) is 18.9 Å². The lowest BCUT2D eigenvalue weighted by Crippen LogP contribution is -2.28. The van der Waals surface area contributed by atoms with Gasteiger partial charge in [-0.2, -0.15) is 0 Å². The third-order valence-corrected chi connectivity index (χ3v) is 5.34. The minimum absolute atomic E-state index is 0.00141. The Morgan fingerprint density at radius 1 is 1.32 bits per heavy atom. The molecule has 0 aliphatic heterocycles. The highest BCUT2D eigenvalue weighted by Gasteiger charge is 2.28. The van der Waals surface area contributed by atoms with Gasteiger partial charge in [0.15, 0.2) is 0 Å². The summed E-state index contributed by atoms with van der Waals surface area (Å²) < 4.78 is 6.54. The van der Waals surface area contributed by atoms with E-state index in [2.05, 4.69) is 61.8 Å². The molecule has 0 aliphatic carbocycles. The van der Waals surface area contributed by atoms with Crippen LogP contribution in [0.5, 0.6) is 5.75 Å². The molecule has 0 amide bonds. The molecule has 2 nitrogen and oxygen atoms in total. The van der Waals surface area contributed by atoms with Crippen LogP contribution >= 0.6 is 15.9 Å². The Labute approximate surface area is 162 Å². The summed E-state index contributed by atoms with van der Waals surface area (Å²) in [6.07, 6.45) is 13.3. The molecule has 0 aromatic heterocycles. The van der Waals surface area contributed by atoms with Crippen LogP contribution in [0.1, 0.15) is 71.8 Å². The molecule has 0 saturated heterocycles. The predicted octanol–water partition coefficient (Wildman–Crippen LogP) is 7.21. The van der Waals surface area contributed by atoms with Crippen LogP contribution in [0.4, 0.5) is 0 Å². The molecule has 0 radical (unpaired) electrons. The number of hydrogen-bond acceptors (Lipinski definition) is 2. The number of ether oxygens (including phenoxy) is 1. The minimum Gasteiger partial charge on any atom is -0.496 e. The van der Waals surface area contributed by atoms with Crippen molar-refractivity contribution in [3.63, 3.8) is 0 Å². The average molecular weight is 408 g/mol. The van der Waals surface area contributed by atoms with E-state index in [0.29, 0.717) is 5.92 Å². The molecule has 1 aromatic carbocycles. The second-order valence-corrected chi connectivity index (χ2v) is 7.84. The third kappa shape index (κ3) is 7.35. The van der Waals surface area contributed by atoms with Gasteiger partial charge >= 0.3 is 0 Å². The van der Waals surface area contributed by atoms with Gasteiger partial charge in [0.2, 0.25) is 0 Å².